The number of nitrogens with one attached hydrogen (secondary N) is 3. The van der Waals surface area contributed by atoms with Crippen molar-refractivity contribution in [2.75, 3.05) is 10.7 Å². The van der Waals surface area contributed by atoms with E-state index in [2.05, 4.69) is 41.5 Å². The van der Waals surface area contributed by atoms with E-state index in [4.69, 9.17) is 0 Å². The van der Waals surface area contributed by atoms with Crippen molar-refractivity contribution in [2.45, 2.75) is 11.8 Å². The number of para-hydroxylation sites is 1. The van der Waals surface area contributed by atoms with Crippen LogP contribution in [0.5, 0.6) is 0 Å². The summed E-state index contributed by atoms with van der Waals surface area (Å²) < 4.78 is 25.5. The van der Waals surface area contributed by atoms with Crippen LogP contribution in [0, 0.1) is 17.0 Å². The maximum atomic E-state index is 12.4. The second-order valence-corrected chi connectivity index (χ2v) is 8.36. The van der Waals surface area contributed by atoms with Crippen molar-refractivity contribution in [2.24, 2.45) is 0 Å². The molecule has 3 aromatic rings. The molecule has 0 saturated carbocycles. The summed E-state index contributed by atoms with van der Waals surface area (Å²) >= 11 is 3.34. The normalized spacial score (nSPS) is 11.1. The van der Waals surface area contributed by atoms with Crippen molar-refractivity contribution in [3.63, 3.8) is 0 Å². The number of halogens is 1. The minimum Gasteiger partial charge on any atom is -0.333 e. The maximum Gasteiger partial charge on any atom is 0.354 e. The van der Waals surface area contributed by atoms with Gasteiger partial charge in [0.25, 0.3) is 10.0 Å². The highest BCUT2D eigenvalue weighted by Crippen LogP contribution is 2.33. The fourth-order valence-corrected chi connectivity index (χ4v) is 3.54. The molecule has 29 heavy (non-hydrogen) atoms. The Labute approximate surface area is 174 Å². The van der Waals surface area contributed by atoms with Gasteiger partial charge in [0, 0.05) is 4.47 Å². The molecule has 2 aromatic carbocycles. The Kier molecular flexibility index (Phi) is 6.06. The monoisotopic (exact) mass is 478 g/mol. The number of benzene rings is 2. The predicted octanol–water partition coefficient (Wildman–Crippen LogP) is 3.50. The summed E-state index contributed by atoms with van der Waals surface area (Å²) in [5.74, 6) is -0.413. The molecule has 10 nitrogen and oxygen atoms in total. The van der Waals surface area contributed by atoms with E-state index in [1.807, 2.05) is 6.92 Å². The van der Waals surface area contributed by atoms with Crippen molar-refractivity contribution < 1.29 is 13.3 Å². The molecule has 1 aromatic heterocycles. The SMILES string of the molecule is Cc1ccc(S(=O)(=O)NNc2ncnc(Nc3ccccc3Br)c2[N+](=O)[O-])cc1. The number of sulfonamides is 1. The van der Waals surface area contributed by atoms with Crippen molar-refractivity contribution in [1.29, 1.82) is 0 Å². The van der Waals surface area contributed by atoms with E-state index in [1.165, 1.54) is 12.1 Å². The summed E-state index contributed by atoms with van der Waals surface area (Å²) in [7, 11) is -3.97. The van der Waals surface area contributed by atoms with Gasteiger partial charge in [-0.25, -0.2) is 18.4 Å². The largest absolute Gasteiger partial charge is 0.354 e. The van der Waals surface area contributed by atoms with Crippen LogP contribution in [0.15, 0.2) is 64.2 Å². The molecule has 3 N–H and O–H groups in total. The van der Waals surface area contributed by atoms with Crippen molar-refractivity contribution >= 4 is 49.0 Å². The summed E-state index contributed by atoms with van der Waals surface area (Å²) in [6.07, 6.45) is 1.08. The lowest BCUT2D eigenvalue weighted by Crippen LogP contribution is -2.30. The van der Waals surface area contributed by atoms with Gasteiger partial charge in [0.15, 0.2) is 0 Å². The molecule has 0 bridgehead atoms. The summed E-state index contributed by atoms with van der Waals surface area (Å²) in [5, 5.41) is 14.4. The Morgan fingerprint density at radius 2 is 1.69 bits per heavy atom. The number of nitro groups is 1. The van der Waals surface area contributed by atoms with E-state index in [9.17, 15) is 18.5 Å². The molecule has 0 unspecified atom stereocenters. The highest BCUT2D eigenvalue weighted by atomic mass is 79.9. The molecule has 3 rings (SSSR count). The molecule has 0 aliphatic rings. The summed E-state index contributed by atoms with van der Waals surface area (Å²) in [4.78, 5) is 20.7. The molecule has 0 fully saturated rings. The number of hydrazine groups is 1. The third-order valence-corrected chi connectivity index (χ3v) is 5.72. The summed E-state index contributed by atoms with van der Waals surface area (Å²) in [5.41, 5.74) is 3.22. The number of aryl methyl sites for hydroxylation is 1. The van der Waals surface area contributed by atoms with Crippen molar-refractivity contribution in [1.82, 2.24) is 14.8 Å². The zero-order chi connectivity index (χ0) is 21.0. The average molecular weight is 479 g/mol. The van der Waals surface area contributed by atoms with Gasteiger partial charge in [-0.05, 0) is 47.1 Å². The number of nitrogens with zero attached hydrogens (tertiary/aromatic N) is 3. The lowest BCUT2D eigenvalue weighted by Gasteiger charge is -2.12. The fraction of sp³-hybridized carbons (Fsp3) is 0.0588. The van der Waals surface area contributed by atoms with Gasteiger partial charge in [-0.15, -0.1) is 4.83 Å². The van der Waals surface area contributed by atoms with Gasteiger partial charge in [0.2, 0.25) is 11.6 Å². The standard InChI is InChI=1S/C17H15BrN6O4S/c1-11-6-8-12(9-7-11)29(27,28)23-22-17-15(24(25)26)16(19-10-20-17)21-14-5-3-2-4-13(14)18/h2-10,23H,1H3,(H2,19,20,21,22). The van der Waals surface area contributed by atoms with Crippen LogP contribution in [-0.4, -0.2) is 23.3 Å². The molecule has 0 atom stereocenters. The molecule has 150 valence electrons. The fourth-order valence-electron chi connectivity index (χ4n) is 2.32. The Morgan fingerprint density at radius 3 is 2.34 bits per heavy atom. The van der Waals surface area contributed by atoms with E-state index in [0.717, 1.165) is 11.9 Å². The van der Waals surface area contributed by atoms with E-state index in [1.54, 1.807) is 36.4 Å². The van der Waals surface area contributed by atoms with Crippen LogP contribution < -0.4 is 15.6 Å². The van der Waals surface area contributed by atoms with Crippen LogP contribution in [0.4, 0.5) is 23.0 Å². The average Bonchev–Trinajstić information content (AvgIpc) is 2.68. The lowest BCUT2D eigenvalue weighted by atomic mass is 10.2. The first kappa shape index (κ1) is 20.6. The summed E-state index contributed by atoms with van der Waals surface area (Å²) in [6.45, 7) is 1.83. The molecule has 0 aliphatic heterocycles. The van der Waals surface area contributed by atoms with Gasteiger partial charge in [0.05, 0.1) is 15.5 Å². The van der Waals surface area contributed by atoms with Gasteiger partial charge in [-0.2, -0.15) is 0 Å². The number of aromatic nitrogens is 2. The Balaban J connectivity index is 1.89. The molecule has 0 saturated heterocycles. The van der Waals surface area contributed by atoms with Gasteiger partial charge in [-0.3, -0.25) is 15.5 Å². The molecule has 1 heterocycles. The number of rotatable bonds is 7. The zero-order valence-corrected chi connectivity index (χ0v) is 17.4. The van der Waals surface area contributed by atoms with E-state index >= 15 is 0 Å². The lowest BCUT2D eigenvalue weighted by molar-refractivity contribution is -0.383. The number of anilines is 3. The first-order chi connectivity index (χ1) is 13.8. The zero-order valence-electron chi connectivity index (χ0n) is 15.0. The molecule has 12 heteroatoms. The Hall–Kier alpha value is -3.09. The first-order valence-electron chi connectivity index (χ1n) is 8.13. The topological polar surface area (TPSA) is 139 Å². The number of hydrogen-bond donors (Lipinski definition) is 3. The van der Waals surface area contributed by atoms with Crippen LogP contribution in [0.3, 0.4) is 0 Å². The highest BCUT2D eigenvalue weighted by molar-refractivity contribution is 9.10. The maximum absolute atomic E-state index is 12.4. The predicted molar refractivity (Wildman–Crippen MR) is 111 cm³/mol. The van der Waals surface area contributed by atoms with Crippen LogP contribution in [0.2, 0.25) is 0 Å². The smallest absolute Gasteiger partial charge is 0.333 e. The van der Waals surface area contributed by atoms with Gasteiger partial charge < -0.3 is 5.32 Å². The van der Waals surface area contributed by atoms with Crippen LogP contribution in [0.1, 0.15) is 5.56 Å². The quantitative estimate of drug-likeness (QED) is 0.346. The van der Waals surface area contributed by atoms with Gasteiger partial charge >= 0.3 is 5.69 Å². The van der Waals surface area contributed by atoms with Crippen LogP contribution >= 0.6 is 15.9 Å². The minimum absolute atomic E-state index is 0.00104. The van der Waals surface area contributed by atoms with E-state index in [0.29, 0.717) is 10.2 Å². The van der Waals surface area contributed by atoms with Crippen molar-refractivity contribution in [3.8, 4) is 0 Å². The third kappa shape index (κ3) is 4.85. The molecular weight excluding hydrogens is 464 g/mol. The first-order valence-corrected chi connectivity index (χ1v) is 10.4. The second kappa shape index (κ2) is 8.51. The van der Waals surface area contributed by atoms with Gasteiger partial charge in [-0.1, -0.05) is 29.8 Å². The molecule has 0 radical (unpaired) electrons. The third-order valence-electron chi connectivity index (χ3n) is 3.77. The molecule has 0 aliphatic carbocycles. The summed E-state index contributed by atoms with van der Waals surface area (Å²) in [6, 6.07) is 13.1. The molecular formula is C17H15BrN6O4S. The second-order valence-electron chi connectivity index (χ2n) is 5.82. The molecule has 0 amide bonds. The van der Waals surface area contributed by atoms with Crippen LogP contribution in [-0.2, 0) is 10.0 Å². The molecule has 0 spiro atoms. The van der Waals surface area contributed by atoms with E-state index < -0.39 is 20.6 Å². The van der Waals surface area contributed by atoms with Crippen molar-refractivity contribution in [3.05, 3.63) is 75.0 Å². The number of hydrogen-bond acceptors (Lipinski definition) is 8. The van der Waals surface area contributed by atoms with Crippen LogP contribution in [0.25, 0.3) is 0 Å². The Morgan fingerprint density at radius 1 is 1.03 bits per heavy atom. The van der Waals surface area contributed by atoms with E-state index in [-0.39, 0.29) is 16.5 Å². The highest BCUT2D eigenvalue weighted by Gasteiger charge is 2.25. The Bertz CT molecular complexity index is 1150. The minimum atomic E-state index is -3.97. The van der Waals surface area contributed by atoms with Gasteiger partial charge in [0.1, 0.15) is 6.33 Å².